The highest BCUT2D eigenvalue weighted by molar-refractivity contribution is 5.73. The molecule has 0 aliphatic carbocycles. The van der Waals surface area contributed by atoms with E-state index in [0.717, 1.165) is 25.6 Å². The molecule has 0 aromatic rings. The molecule has 3 nitrogen and oxygen atoms in total. The lowest BCUT2D eigenvalue weighted by Gasteiger charge is -2.36. The second-order valence-electron chi connectivity index (χ2n) is 5.60. The van der Waals surface area contributed by atoms with Gasteiger partial charge in [0.05, 0.1) is 0 Å². The van der Waals surface area contributed by atoms with Gasteiger partial charge in [-0.05, 0) is 31.2 Å². The Labute approximate surface area is 99.6 Å². The molecule has 2 unspecified atom stereocenters. The highest BCUT2D eigenvalue weighted by Crippen LogP contribution is 2.16. The average Bonchev–Trinajstić information content (AvgIpc) is 2.16. The first-order chi connectivity index (χ1) is 7.49. The lowest BCUT2D eigenvalue weighted by atomic mass is 9.95. The van der Waals surface area contributed by atoms with Crippen LogP contribution in [0.1, 0.15) is 40.5 Å². The summed E-state index contributed by atoms with van der Waals surface area (Å²) in [5.41, 5.74) is 0. The number of likely N-dealkylation sites (tertiary alicyclic amines) is 1. The van der Waals surface area contributed by atoms with Crippen LogP contribution in [-0.2, 0) is 4.79 Å². The number of nitrogens with one attached hydrogen (secondary N) is 1. The van der Waals surface area contributed by atoms with Gasteiger partial charge in [-0.2, -0.15) is 0 Å². The number of carbonyl (C=O) groups is 1. The summed E-state index contributed by atoms with van der Waals surface area (Å²) in [6.45, 7) is 11.3. The first-order valence-electron chi connectivity index (χ1n) is 6.48. The summed E-state index contributed by atoms with van der Waals surface area (Å²) in [4.78, 5) is 13.3. The zero-order valence-corrected chi connectivity index (χ0v) is 11.1. The Kier molecular flexibility index (Phi) is 5.26. The third-order valence-electron chi connectivity index (χ3n) is 3.26. The normalized spacial score (nSPS) is 26.2. The van der Waals surface area contributed by atoms with Crippen LogP contribution in [0.15, 0.2) is 0 Å². The van der Waals surface area contributed by atoms with Gasteiger partial charge in [-0.15, -0.1) is 0 Å². The van der Waals surface area contributed by atoms with Crippen molar-refractivity contribution >= 4 is 5.91 Å². The Hall–Kier alpha value is -0.570. The van der Waals surface area contributed by atoms with Crippen LogP contribution in [0.25, 0.3) is 0 Å². The monoisotopic (exact) mass is 226 g/mol. The van der Waals surface area contributed by atoms with Gasteiger partial charge in [-0.3, -0.25) is 4.79 Å². The molecular formula is C13H26N2O. The molecule has 1 aliphatic heterocycles. The molecule has 0 spiro atoms. The van der Waals surface area contributed by atoms with Crippen molar-refractivity contribution in [3.8, 4) is 0 Å². The Morgan fingerprint density at radius 2 is 2.12 bits per heavy atom. The number of piperidine rings is 1. The van der Waals surface area contributed by atoms with Gasteiger partial charge in [0.15, 0.2) is 0 Å². The summed E-state index contributed by atoms with van der Waals surface area (Å²) in [6.07, 6.45) is 2.41. The van der Waals surface area contributed by atoms with E-state index in [-0.39, 0.29) is 5.91 Å². The van der Waals surface area contributed by atoms with Crippen LogP contribution in [0.3, 0.4) is 0 Å². The summed E-state index contributed by atoms with van der Waals surface area (Å²) in [5, 5.41) is 3.57. The molecule has 2 atom stereocenters. The first kappa shape index (κ1) is 13.5. The van der Waals surface area contributed by atoms with E-state index in [4.69, 9.17) is 0 Å². The molecule has 1 amide bonds. The van der Waals surface area contributed by atoms with Gasteiger partial charge in [0.25, 0.3) is 0 Å². The standard InChI is InChI=1S/C13H26N2O/c1-10(2)5-6-14-13-7-11(3)8-15(9-13)12(4)16/h10-11,13-14H,5-9H2,1-4H3. The van der Waals surface area contributed by atoms with Gasteiger partial charge >= 0.3 is 0 Å². The number of hydrogen-bond donors (Lipinski definition) is 1. The highest BCUT2D eigenvalue weighted by Gasteiger charge is 2.25. The van der Waals surface area contributed by atoms with E-state index in [1.165, 1.54) is 12.8 Å². The van der Waals surface area contributed by atoms with Crippen LogP contribution in [0.4, 0.5) is 0 Å². The van der Waals surface area contributed by atoms with Gasteiger partial charge < -0.3 is 10.2 Å². The quantitative estimate of drug-likeness (QED) is 0.794. The molecule has 16 heavy (non-hydrogen) atoms. The Bertz CT molecular complexity index is 228. The SMILES string of the molecule is CC(=O)N1CC(C)CC(NCCC(C)C)C1. The predicted octanol–water partition coefficient (Wildman–Crippen LogP) is 1.88. The predicted molar refractivity (Wildman–Crippen MR) is 67.3 cm³/mol. The van der Waals surface area contributed by atoms with E-state index >= 15 is 0 Å². The van der Waals surface area contributed by atoms with Crippen molar-refractivity contribution in [2.24, 2.45) is 11.8 Å². The van der Waals surface area contributed by atoms with Crippen molar-refractivity contribution in [2.75, 3.05) is 19.6 Å². The second-order valence-corrected chi connectivity index (χ2v) is 5.60. The zero-order valence-electron chi connectivity index (χ0n) is 11.1. The maximum atomic E-state index is 11.4. The van der Waals surface area contributed by atoms with Crippen molar-refractivity contribution in [1.82, 2.24) is 10.2 Å². The van der Waals surface area contributed by atoms with E-state index in [1.807, 2.05) is 4.90 Å². The Morgan fingerprint density at radius 1 is 1.44 bits per heavy atom. The van der Waals surface area contributed by atoms with Crippen molar-refractivity contribution in [3.05, 3.63) is 0 Å². The van der Waals surface area contributed by atoms with Crippen LogP contribution in [0.2, 0.25) is 0 Å². The maximum absolute atomic E-state index is 11.4. The number of rotatable bonds is 4. The molecule has 1 aliphatic rings. The third kappa shape index (κ3) is 4.52. The Balaban J connectivity index is 2.33. The maximum Gasteiger partial charge on any atom is 0.219 e. The molecule has 1 fully saturated rings. The molecule has 1 heterocycles. The Morgan fingerprint density at radius 3 is 2.69 bits per heavy atom. The number of amides is 1. The van der Waals surface area contributed by atoms with E-state index in [1.54, 1.807) is 6.92 Å². The van der Waals surface area contributed by atoms with Crippen LogP contribution >= 0.6 is 0 Å². The lowest BCUT2D eigenvalue weighted by molar-refractivity contribution is -0.131. The van der Waals surface area contributed by atoms with Crippen LogP contribution in [-0.4, -0.2) is 36.5 Å². The second kappa shape index (κ2) is 6.24. The van der Waals surface area contributed by atoms with E-state index < -0.39 is 0 Å². The smallest absolute Gasteiger partial charge is 0.219 e. The molecule has 94 valence electrons. The summed E-state index contributed by atoms with van der Waals surface area (Å²) < 4.78 is 0. The fraction of sp³-hybridized carbons (Fsp3) is 0.923. The third-order valence-corrected chi connectivity index (χ3v) is 3.26. The highest BCUT2D eigenvalue weighted by atomic mass is 16.2. The number of carbonyl (C=O) groups excluding carboxylic acids is 1. The molecule has 1 N–H and O–H groups in total. The van der Waals surface area contributed by atoms with Crippen molar-refractivity contribution in [2.45, 2.75) is 46.6 Å². The van der Waals surface area contributed by atoms with E-state index in [0.29, 0.717) is 12.0 Å². The average molecular weight is 226 g/mol. The number of nitrogens with zero attached hydrogens (tertiary/aromatic N) is 1. The van der Waals surface area contributed by atoms with Crippen molar-refractivity contribution in [1.29, 1.82) is 0 Å². The van der Waals surface area contributed by atoms with Gasteiger partial charge in [0.1, 0.15) is 0 Å². The summed E-state index contributed by atoms with van der Waals surface area (Å²) in [5.74, 6) is 1.58. The lowest BCUT2D eigenvalue weighted by Crippen LogP contribution is -2.50. The van der Waals surface area contributed by atoms with Crippen molar-refractivity contribution < 1.29 is 4.79 Å². The molecule has 0 saturated carbocycles. The van der Waals surface area contributed by atoms with Crippen molar-refractivity contribution in [3.63, 3.8) is 0 Å². The van der Waals surface area contributed by atoms with Crippen LogP contribution in [0, 0.1) is 11.8 Å². The van der Waals surface area contributed by atoms with Gasteiger partial charge in [-0.1, -0.05) is 20.8 Å². The van der Waals surface area contributed by atoms with Gasteiger partial charge in [0.2, 0.25) is 5.91 Å². The van der Waals surface area contributed by atoms with Gasteiger partial charge in [-0.25, -0.2) is 0 Å². The summed E-state index contributed by atoms with van der Waals surface area (Å²) >= 11 is 0. The fourth-order valence-electron chi connectivity index (χ4n) is 2.33. The molecule has 3 heteroatoms. The molecule has 1 rings (SSSR count). The fourth-order valence-corrected chi connectivity index (χ4v) is 2.33. The van der Waals surface area contributed by atoms with Crippen LogP contribution in [0.5, 0.6) is 0 Å². The van der Waals surface area contributed by atoms with E-state index in [2.05, 4.69) is 26.1 Å². The minimum absolute atomic E-state index is 0.210. The largest absolute Gasteiger partial charge is 0.341 e. The first-order valence-corrected chi connectivity index (χ1v) is 6.48. The molecule has 0 aromatic heterocycles. The van der Waals surface area contributed by atoms with Crippen LogP contribution < -0.4 is 5.32 Å². The number of hydrogen-bond acceptors (Lipinski definition) is 2. The molecule has 0 bridgehead atoms. The minimum atomic E-state index is 0.210. The molecule has 1 saturated heterocycles. The van der Waals surface area contributed by atoms with E-state index in [9.17, 15) is 4.79 Å². The molecule has 0 radical (unpaired) electrons. The molecule has 0 aromatic carbocycles. The topological polar surface area (TPSA) is 32.3 Å². The molecular weight excluding hydrogens is 200 g/mol. The van der Waals surface area contributed by atoms with Gasteiger partial charge in [0, 0.05) is 26.1 Å². The minimum Gasteiger partial charge on any atom is -0.341 e. The summed E-state index contributed by atoms with van der Waals surface area (Å²) in [6, 6.07) is 0.492. The summed E-state index contributed by atoms with van der Waals surface area (Å²) in [7, 11) is 0. The zero-order chi connectivity index (χ0) is 12.1.